The molecule has 8 heteroatoms. The zero-order chi connectivity index (χ0) is 18.0. The standard InChI is InChI=1S/C17H10ClF2NO3S/c18-9-4-5-13(12(20)6-9)21-16(22)8-24-17(23)15-7-10-11(19)2-1-3-14(10)25-15/h1-7H,8H2,(H,21,22). The molecular formula is C17H10ClF2NO3S. The predicted octanol–water partition coefficient (Wildman–Crippen LogP) is 4.63. The highest BCUT2D eigenvalue weighted by molar-refractivity contribution is 7.20. The second kappa shape index (κ2) is 7.16. The molecule has 0 bridgehead atoms. The van der Waals surface area contributed by atoms with E-state index in [1.807, 2.05) is 0 Å². The number of carbonyl (C=O) groups is 2. The van der Waals surface area contributed by atoms with Gasteiger partial charge in [-0.2, -0.15) is 0 Å². The third kappa shape index (κ3) is 3.94. The molecule has 4 nitrogen and oxygen atoms in total. The molecule has 3 aromatic rings. The van der Waals surface area contributed by atoms with Crippen molar-refractivity contribution in [1.82, 2.24) is 0 Å². The van der Waals surface area contributed by atoms with Crippen molar-refractivity contribution in [3.05, 3.63) is 64.0 Å². The number of nitrogens with one attached hydrogen (secondary N) is 1. The molecule has 0 saturated carbocycles. The second-order valence-corrected chi connectivity index (χ2v) is 6.53. The van der Waals surface area contributed by atoms with E-state index in [0.717, 1.165) is 17.4 Å². The normalized spacial score (nSPS) is 10.7. The van der Waals surface area contributed by atoms with Crippen LogP contribution in [0.5, 0.6) is 0 Å². The van der Waals surface area contributed by atoms with Gasteiger partial charge in [-0.25, -0.2) is 13.6 Å². The number of esters is 1. The number of benzene rings is 2. The van der Waals surface area contributed by atoms with Gasteiger partial charge in [-0.1, -0.05) is 17.7 Å². The molecule has 0 aliphatic rings. The Morgan fingerprint density at radius 3 is 2.64 bits per heavy atom. The summed E-state index contributed by atoms with van der Waals surface area (Å²) in [5.41, 5.74) is -0.0746. The van der Waals surface area contributed by atoms with Crippen LogP contribution in [-0.4, -0.2) is 18.5 Å². The van der Waals surface area contributed by atoms with E-state index in [2.05, 4.69) is 5.32 Å². The van der Waals surface area contributed by atoms with E-state index in [-0.39, 0.29) is 15.6 Å². The molecule has 1 aromatic heterocycles. The molecule has 0 fully saturated rings. The quantitative estimate of drug-likeness (QED) is 0.670. The molecule has 0 saturated heterocycles. The van der Waals surface area contributed by atoms with Crippen molar-refractivity contribution < 1.29 is 23.1 Å². The second-order valence-electron chi connectivity index (χ2n) is 5.01. The fraction of sp³-hybridized carbons (Fsp3) is 0.0588. The molecule has 1 heterocycles. The minimum atomic E-state index is -0.757. The summed E-state index contributed by atoms with van der Waals surface area (Å²) in [4.78, 5) is 23.9. The van der Waals surface area contributed by atoms with Crippen molar-refractivity contribution in [2.24, 2.45) is 0 Å². The van der Waals surface area contributed by atoms with Crippen molar-refractivity contribution in [2.45, 2.75) is 0 Å². The molecule has 25 heavy (non-hydrogen) atoms. The lowest BCUT2D eigenvalue weighted by Gasteiger charge is -2.07. The molecule has 0 unspecified atom stereocenters. The van der Waals surface area contributed by atoms with Crippen LogP contribution in [0.3, 0.4) is 0 Å². The Labute approximate surface area is 150 Å². The predicted molar refractivity (Wildman–Crippen MR) is 92.1 cm³/mol. The van der Waals surface area contributed by atoms with Gasteiger partial charge < -0.3 is 10.1 Å². The third-order valence-corrected chi connectivity index (χ3v) is 4.56. The fourth-order valence-corrected chi connectivity index (χ4v) is 3.23. The van der Waals surface area contributed by atoms with Gasteiger partial charge in [0.05, 0.1) is 5.69 Å². The highest BCUT2D eigenvalue weighted by Gasteiger charge is 2.16. The van der Waals surface area contributed by atoms with Gasteiger partial charge in [-0.05, 0) is 36.4 Å². The Morgan fingerprint density at radius 1 is 1.12 bits per heavy atom. The third-order valence-electron chi connectivity index (χ3n) is 3.25. The summed E-state index contributed by atoms with van der Waals surface area (Å²) in [5.74, 6) is -2.61. The molecule has 1 amide bonds. The largest absolute Gasteiger partial charge is 0.451 e. The molecule has 1 N–H and O–H groups in total. The first-order valence-electron chi connectivity index (χ1n) is 7.04. The number of fused-ring (bicyclic) bond motifs is 1. The van der Waals surface area contributed by atoms with Crippen LogP contribution in [0.4, 0.5) is 14.5 Å². The van der Waals surface area contributed by atoms with E-state index in [4.69, 9.17) is 16.3 Å². The van der Waals surface area contributed by atoms with Crippen LogP contribution < -0.4 is 5.32 Å². The van der Waals surface area contributed by atoms with E-state index >= 15 is 0 Å². The summed E-state index contributed by atoms with van der Waals surface area (Å²) in [7, 11) is 0. The minimum Gasteiger partial charge on any atom is -0.451 e. The maximum absolute atomic E-state index is 13.6. The van der Waals surface area contributed by atoms with Crippen molar-refractivity contribution >= 4 is 50.6 Å². The Bertz CT molecular complexity index is 974. The van der Waals surface area contributed by atoms with Crippen molar-refractivity contribution in [2.75, 3.05) is 11.9 Å². The van der Waals surface area contributed by atoms with E-state index in [9.17, 15) is 18.4 Å². The van der Waals surface area contributed by atoms with Crippen LogP contribution in [-0.2, 0) is 9.53 Å². The molecule has 0 radical (unpaired) electrons. The first kappa shape index (κ1) is 17.3. The summed E-state index contributed by atoms with van der Waals surface area (Å²) in [6.45, 7) is -0.600. The van der Waals surface area contributed by atoms with Crippen molar-refractivity contribution in [1.29, 1.82) is 0 Å². The van der Waals surface area contributed by atoms with E-state index in [1.165, 1.54) is 30.3 Å². The maximum atomic E-state index is 13.6. The van der Waals surface area contributed by atoms with Crippen LogP contribution >= 0.6 is 22.9 Å². The Morgan fingerprint density at radius 2 is 1.92 bits per heavy atom. The summed E-state index contributed by atoms with van der Waals surface area (Å²) in [5, 5.41) is 2.78. The number of hydrogen-bond acceptors (Lipinski definition) is 4. The number of thiophene rings is 1. The van der Waals surface area contributed by atoms with Gasteiger partial charge in [0.1, 0.15) is 16.5 Å². The number of ether oxygens (including phenoxy) is 1. The molecule has 128 valence electrons. The highest BCUT2D eigenvalue weighted by Crippen LogP contribution is 2.28. The lowest BCUT2D eigenvalue weighted by molar-refractivity contribution is -0.119. The molecule has 0 aliphatic heterocycles. The monoisotopic (exact) mass is 381 g/mol. The highest BCUT2D eigenvalue weighted by atomic mass is 35.5. The van der Waals surface area contributed by atoms with E-state index in [1.54, 1.807) is 6.07 Å². The molecule has 0 aliphatic carbocycles. The van der Waals surface area contributed by atoms with Gasteiger partial charge in [0.25, 0.3) is 5.91 Å². The topological polar surface area (TPSA) is 55.4 Å². The summed E-state index contributed by atoms with van der Waals surface area (Å²) < 4.78 is 32.7. The van der Waals surface area contributed by atoms with E-state index < -0.39 is 30.1 Å². The fourth-order valence-electron chi connectivity index (χ4n) is 2.11. The number of hydrogen-bond donors (Lipinski definition) is 1. The number of halogens is 3. The average Bonchev–Trinajstić information content (AvgIpc) is 3.01. The molecular weight excluding hydrogens is 372 g/mol. The van der Waals surface area contributed by atoms with Crippen LogP contribution in [0.25, 0.3) is 10.1 Å². The minimum absolute atomic E-state index is 0.0746. The Balaban J connectivity index is 1.63. The SMILES string of the molecule is O=C(COC(=O)c1cc2c(F)cccc2s1)Nc1ccc(Cl)cc1F. The zero-order valence-corrected chi connectivity index (χ0v) is 14.1. The first-order chi connectivity index (χ1) is 11.9. The zero-order valence-electron chi connectivity index (χ0n) is 12.5. The van der Waals surface area contributed by atoms with Crippen LogP contribution in [0.2, 0.25) is 5.02 Å². The number of carbonyl (C=O) groups excluding carboxylic acids is 2. The number of rotatable bonds is 4. The summed E-state index contributed by atoms with van der Waals surface area (Å²) in [6, 6.07) is 9.64. The molecule has 2 aromatic carbocycles. The number of amides is 1. The summed E-state index contributed by atoms with van der Waals surface area (Å²) >= 11 is 6.68. The van der Waals surface area contributed by atoms with Gasteiger partial charge >= 0.3 is 5.97 Å². The lowest BCUT2D eigenvalue weighted by Crippen LogP contribution is -2.21. The molecule has 0 atom stereocenters. The van der Waals surface area contributed by atoms with Crippen molar-refractivity contribution in [3.8, 4) is 0 Å². The maximum Gasteiger partial charge on any atom is 0.348 e. The Hall–Kier alpha value is -2.51. The Kier molecular flexibility index (Phi) is 4.96. The molecule has 0 spiro atoms. The number of anilines is 1. The summed E-state index contributed by atoms with van der Waals surface area (Å²) in [6.07, 6.45) is 0. The first-order valence-corrected chi connectivity index (χ1v) is 8.23. The average molecular weight is 382 g/mol. The van der Waals surface area contributed by atoms with Crippen LogP contribution in [0.15, 0.2) is 42.5 Å². The smallest absolute Gasteiger partial charge is 0.348 e. The van der Waals surface area contributed by atoms with Gasteiger partial charge in [0, 0.05) is 15.1 Å². The van der Waals surface area contributed by atoms with Crippen molar-refractivity contribution in [3.63, 3.8) is 0 Å². The van der Waals surface area contributed by atoms with Crippen LogP contribution in [0, 0.1) is 11.6 Å². The molecule has 3 rings (SSSR count). The van der Waals surface area contributed by atoms with E-state index in [0.29, 0.717) is 10.1 Å². The van der Waals surface area contributed by atoms with Crippen LogP contribution in [0.1, 0.15) is 9.67 Å². The van der Waals surface area contributed by atoms with Gasteiger partial charge in [0.2, 0.25) is 0 Å². The van der Waals surface area contributed by atoms with Gasteiger partial charge in [0.15, 0.2) is 6.61 Å². The lowest BCUT2D eigenvalue weighted by atomic mass is 10.2. The van der Waals surface area contributed by atoms with Gasteiger partial charge in [-0.3, -0.25) is 4.79 Å². The van der Waals surface area contributed by atoms with Gasteiger partial charge in [-0.15, -0.1) is 11.3 Å².